The highest BCUT2D eigenvalue weighted by molar-refractivity contribution is 5.96. The Kier molecular flexibility index (Phi) is 8.12. The minimum Gasteiger partial charge on any atom is -0.497 e. The van der Waals surface area contributed by atoms with Crippen molar-refractivity contribution in [1.29, 1.82) is 0 Å². The molecule has 0 aromatic heterocycles. The molecule has 0 saturated carbocycles. The van der Waals surface area contributed by atoms with E-state index < -0.39 is 10.8 Å². The smallest absolute Gasteiger partial charge is 0.296 e. The summed E-state index contributed by atoms with van der Waals surface area (Å²) in [5.41, 5.74) is 0.359. The quantitative estimate of drug-likeness (QED) is 0.451. The van der Waals surface area contributed by atoms with Crippen molar-refractivity contribution in [2.75, 3.05) is 44.5 Å². The molecule has 2 aromatic carbocycles. The fourth-order valence-corrected chi connectivity index (χ4v) is 2.67. The Balaban J connectivity index is 1.97. The highest BCUT2D eigenvalue weighted by atomic mass is 16.6. The van der Waals surface area contributed by atoms with Gasteiger partial charge in [-0.05, 0) is 30.8 Å². The van der Waals surface area contributed by atoms with Crippen molar-refractivity contribution in [3.05, 3.63) is 52.6 Å². The lowest BCUT2D eigenvalue weighted by Gasteiger charge is -2.19. The fourth-order valence-electron chi connectivity index (χ4n) is 2.67. The summed E-state index contributed by atoms with van der Waals surface area (Å²) in [5.74, 6) is 0.150. The van der Waals surface area contributed by atoms with Crippen molar-refractivity contribution < 1.29 is 24.0 Å². The summed E-state index contributed by atoms with van der Waals surface area (Å²) in [7, 11) is 2.93. The van der Waals surface area contributed by atoms with Crippen LogP contribution in [0.3, 0.4) is 0 Å². The molecule has 2 N–H and O–H groups in total. The van der Waals surface area contributed by atoms with Crippen LogP contribution in [-0.4, -0.2) is 55.5 Å². The van der Waals surface area contributed by atoms with Gasteiger partial charge < -0.3 is 20.1 Å². The van der Waals surface area contributed by atoms with E-state index in [2.05, 4.69) is 10.6 Å². The Morgan fingerprint density at radius 2 is 1.63 bits per heavy atom. The zero-order valence-corrected chi connectivity index (χ0v) is 17.0. The normalized spacial score (nSPS) is 10.4. The molecule has 10 nitrogen and oxygen atoms in total. The summed E-state index contributed by atoms with van der Waals surface area (Å²) in [6.07, 6.45) is 0. The van der Waals surface area contributed by atoms with Gasteiger partial charge in [0, 0.05) is 11.8 Å². The van der Waals surface area contributed by atoms with Gasteiger partial charge in [-0.1, -0.05) is 13.0 Å². The number of carbonyl (C=O) groups is 2. The monoisotopic (exact) mass is 416 g/mol. The highest BCUT2D eigenvalue weighted by Crippen LogP contribution is 2.28. The molecule has 30 heavy (non-hydrogen) atoms. The first-order chi connectivity index (χ1) is 14.4. The van der Waals surface area contributed by atoms with Gasteiger partial charge in [0.15, 0.2) is 0 Å². The molecular weight excluding hydrogens is 392 g/mol. The Hall–Kier alpha value is -3.66. The number of carbonyl (C=O) groups excluding carboxylic acids is 2. The number of nitro groups is 1. The predicted molar refractivity (Wildman–Crippen MR) is 112 cm³/mol. The number of ether oxygens (including phenoxy) is 2. The summed E-state index contributed by atoms with van der Waals surface area (Å²) in [4.78, 5) is 36.9. The number of amides is 2. The average molecular weight is 416 g/mol. The lowest BCUT2D eigenvalue weighted by Crippen LogP contribution is -2.38. The van der Waals surface area contributed by atoms with Gasteiger partial charge in [-0.2, -0.15) is 0 Å². The number of nitro benzene ring substituents is 1. The number of hydrogen-bond acceptors (Lipinski definition) is 7. The molecule has 160 valence electrons. The molecule has 0 unspecified atom stereocenters. The topological polar surface area (TPSA) is 123 Å². The zero-order valence-electron chi connectivity index (χ0n) is 17.0. The third kappa shape index (κ3) is 6.45. The number of likely N-dealkylation sites (N-methyl/N-ethyl adjacent to an activating group) is 1. The average Bonchev–Trinajstić information content (AvgIpc) is 2.73. The van der Waals surface area contributed by atoms with E-state index in [9.17, 15) is 19.7 Å². The molecule has 0 fully saturated rings. The van der Waals surface area contributed by atoms with Crippen LogP contribution < -0.4 is 20.1 Å². The van der Waals surface area contributed by atoms with Gasteiger partial charge in [0.05, 0.1) is 38.3 Å². The summed E-state index contributed by atoms with van der Waals surface area (Å²) >= 11 is 0. The lowest BCUT2D eigenvalue weighted by atomic mass is 10.2. The zero-order chi connectivity index (χ0) is 22.1. The van der Waals surface area contributed by atoms with Crippen LogP contribution in [0.2, 0.25) is 0 Å². The number of benzene rings is 2. The van der Waals surface area contributed by atoms with E-state index in [0.717, 1.165) is 0 Å². The summed E-state index contributed by atoms with van der Waals surface area (Å²) in [5, 5.41) is 16.5. The second-order valence-electron chi connectivity index (χ2n) is 6.27. The molecule has 0 aliphatic rings. The van der Waals surface area contributed by atoms with E-state index in [0.29, 0.717) is 23.7 Å². The first kappa shape index (κ1) is 22.6. The van der Waals surface area contributed by atoms with Crippen LogP contribution >= 0.6 is 0 Å². The minimum absolute atomic E-state index is 0.0220. The SMILES string of the molecule is CCN(CC(=O)Nc1cccc(OC)c1)CC(=O)Nc1ccc(OC)cc1[N+](=O)[O-]. The maximum absolute atomic E-state index is 12.4. The third-order valence-corrected chi connectivity index (χ3v) is 4.21. The largest absolute Gasteiger partial charge is 0.497 e. The molecule has 2 aromatic rings. The number of rotatable bonds is 10. The van der Waals surface area contributed by atoms with Crippen LogP contribution in [0, 0.1) is 10.1 Å². The first-order valence-corrected chi connectivity index (χ1v) is 9.14. The van der Waals surface area contributed by atoms with Crippen LogP contribution in [0.25, 0.3) is 0 Å². The Labute approximate surface area is 173 Å². The van der Waals surface area contributed by atoms with Gasteiger partial charge in [-0.15, -0.1) is 0 Å². The highest BCUT2D eigenvalue weighted by Gasteiger charge is 2.19. The standard InChI is InChI=1S/C20H24N4O6/c1-4-23(12-19(25)21-14-6-5-7-15(10-14)29-2)13-20(26)22-17-9-8-16(30-3)11-18(17)24(27)28/h5-11H,4,12-13H2,1-3H3,(H,21,25)(H,22,26). The van der Waals surface area contributed by atoms with Gasteiger partial charge >= 0.3 is 0 Å². The molecule has 2 rings (SSSR count). The number of nitrogens with one attached hydrogen (secondary N) is 2. The molecular formula is C20H24N4O6. The van der Waals surface area contributed by atoms with Crippen molar-refractivity contribution in [3.8, 4) is 11.5 Å². The molecule has 0 saturated heterocycles. The summed E-state index contributed by atoms with van der Waals surface area (Å²) in [6, 6.07) is 11.1. The van der Waals surface area contributed by atoms with Crippen LogP contribution in [0.4, 0.5) is 17.1 Å². The lowest BCUT2D eigenvalue weighted by molar-refractivity contribution is -0.384. The van der Waals surface area contributed by atoms with Gasteiger partial charge in [0.2, 0.25) is 11.8 Å². The van der Waals surface area contributed by atoms with Crippen LogP contribution in [0.5, 0.6) is 11.5 Å². The van der Waals surface area contributed by atoms with Crippen LogP contribution in [0.1, 0.15) is 6.92 Å². The van der Waals surface area contributed by atoms with E-state index >= 15 is 0 Å². The molecule has 0 aliphatic carbocycles. The predicted octanol–water partition coefficient (Wildman–Crippen LogP) is 2.51. The second kappa shape index (κ2) is 10.8. The number of nitrogens with zero attached hydrogens (tertiary/aromatic N) is 2. The number of anilines is 2. The Morgan fingerprint density at radius 1 is 1.00 bits per heavy atom. The minimum atomic E-state index is -0.600. The molecule has 0 spiro atoms. The van der Waals surface area contributed by atoms with Gasteiger partial charge in [0.25, 0.3) is 5.69 Å². The molecule has 0 aliphatic heterocycles. The van der Waals surface area contributed by atoms with Gasteiger partial charge in [-0.25, -0.2) is 0 Å². The molecule has 10 heteroatoms. The second-order valence-corrected chi connectivity index (χ2v) is 6.27. The summed E-state index contributed by atoms with van der Waals surface area (Å²) < 4.78 is 10.1. The first-order valence-electron chi connectivity index (χ1n) is 9.14. The Morgan fingerprint density at radius 3 is 2.23 bits per heavy atom. The third-order valence-electron chi connectivity index (χ3n) is 4.21. The number of methoxy groups -OCH3 is 2. The van der Waals surface area contributed by atoms with Crippen molar-refractivity contribution in [2.24, 2.45) is 0 Å². The maximum atomic E-state index is 12.4. The van der Waals surface area contributed by atoms with E-state index in [1.54, 1.807) is 29.2 Å². The van der Waals surface area contributed by atoms with Crippen molar-refractivity contribution in [1.82, 2.24) is 4.90 Å². The molecule has 2 amide bonds. The Bertz CT molecular complexity index is 918. The maximum Gasteiger partial charge on any atom is 0.296 e. The number of hydrogen-bond donors (Lipinski definition) is 2. The van der Waals surface area contributed by atoms with E-state index in [-0.39, 0.29) is 30.4 Å². The van der Waals surface area contributed by atoms with Crippen LogP contribution in [-0.2, 0) is 9.59 Å². The summed E-state index contributed by atoms with van der Waals surface area (Å²) in [6.45, 7) is 2.11. The van der Waals surface area contributed by atoms with Crippen molar-refractivity contribution >= 4 is 28.9 Å². The molecule has 0 atom stereocenters. The van der Waals surface area contributed by atoms with E-state index in [1.165, 1.54) is 32.4 Å². The van der Waals surface area contributed by atoms with Gasteiger partial charge in [-0.3, -0.25) is 24.6 Å². The van der Waals surface area contributed by atoms with Gasteiger partial charge in [0.1, 0.15) is 17.2 Å². The van der Waals surface area contributed by atoms with E-state index in [4.69, 9.17) is 9.47 Å². The van der Waals surface area contributed by atoms with Crippen LogP contribution in [0.15, 0.2) is 42.5 Å². The fraction of sp³-hybridized carbons (Fsp3) is 0.300. The molecule has 0 bridgehead atoms. The van der Waals surface area contributed by atoms with Crippen molar-refractivity contribution in [2.45, 2.75) is 6.92 Å². The van der Waals surface area contributed by atoms with E-state index in [1.807, 2.05) is 6.92 Å². The molecule has 0 radical (unpaired) electrons. The molecule has 0 heterocycles. The van der Waals surface area contributed by atoms with Crippen molar-refractivity contribution in [3.63, 3.8) is 0 Å².